The van der Waals surface area contributed by atoms with Gasteiger partial charge in [-0.2, -0.15) is 0 Å². The van der Waals surface area contributed by atoms with Crippen LogP contribution < -0.4 is 0 Å². The summed E-state index contributed by atoms with van der Waals surface area (Å²) in [6, 6.07) is 0. The molecule has 1 aromatic heterocycles. The molecule has 4 nitrogen and oxygen atoms in total. The lowest BCUT2D eigenvalue weighted by Crippen LogP contribution is -2.17. The number of carboxylic acid groups (broad SMARTS) is 1. The molecule has 15 heavy (non-hydrogen) atoms. The highest BCUT2D eigenvalue weighted by Crippen LogP contribution is 2.28. The van der Waals surface area contributed by atoms with Crippen molar-refractivity contribution in [3.63, 3.8) is 0 Å². The van der Waals surface area contributed by atoms with Gasteiger partial charge in [-0.15, -0.1) is 0 Å². The van der Waals surface area contributed by atoms with Crippen molar-refractivity contribution < 1.29 is 9.90 Å². The van der Waals surface area contributed by atoms with Gasteiger partial charge in [0.25, 0.3) is 0 Å². The highest BCUT2D eigenvalue weighted by atomic mass is 16.4. The minimum absolute atomic E-state index is 0.138. The molecule has 0 saturated heterocycles. The summed E-state index contributed by atoms with van der Waals surface area (Å²) in [6.45, 7) is 1.72. The quantitative estimate of drug-likeness (QED) is 0.819. The fraction of sp³-hybridized carbons (Fsp3) is 0.545. The second-order valence-electron chi connectivity index (χ2n) is 4.12. The van der Waals surface area contributed by atoms with Gasteiger partial charge in [0.05, 0.1) is 0 Å². The fourth-order valence-corrected chi connectivity index (χ4v) is 1.75. The lowest BCUT2D eigenvalue weighted by Gasteiger charge is -2.24. The summed E-state index contributed by atoms with van der Waals surface area (Å²) in [4.78, 5) is 19.1. The molecule has 1 aliphatic carbocycles. The van der Waals surface area contributed by atoms with Crippen molar-refractivity contribution in [1.82, 2.24) is 9.97 Å². The first-order valence-corrected chi connectivity index (χ1v) is 5.22. The van der Waals surface area contributed by atoms with Crippen LogP contribution in [0.1, 0.15) is 41.1 Å². The van der Waals surface area contributed by atoms with Crippen molar-refractivity contribution in [3.8, 4) is 0 Å². The van der Waals surface area contributed by atoms with Gasteiger partial charge in [-0.3, -0.25) is 0 Å². The molecule has 4 heteroatoms. The zero-order valence-electron chi connectivity index (χ0n) is 8.73. The first-order chi connectivity index (χ1) is 7.16. The van der Waals surface area contributed by atoms with E-state index in [1.54, 1.807) is 13.1 Å². The molecule has 0 radical (unpaired) electrons. The predicted molar refractivity (Wildman–Crippen MR) is 54.8 cm³/mol. The first-order valence-electron chi connectivity index (χ1n) is 5.22. The number of rotatable bonds is 3. The molecule has 80 valence electrons. The third-order valence-corrected chi connectivity index (χ3v) is 2.92. The van der Waals surface area contributed by atoms with Crippen molar-refractivity contribution in [2.45, 2.75) is 32.6 Å². The first kappa shape index (κ1) is 10.1. The molecule has 1 aliphatic rings. The monoisotopic (exact) mass is 206 g/mol. The van der Waals surface area contributed by atoms with Crippen molar-refractivity contribution in [2.75, 3.05) is 0 Å². The number of aryl methyl sites for hydroxylation is 1. The number of nitrogens with zero attached hydrogens (tertiary/aromatic N) is 2. The summed E-state index contributed by atoms with van der Waals surface area (Å²) in [5.41, 5.74) is 0.763. The number of hydrogen-bond acceptors (Lipinski definition) is 3. The van der Waals surface area contributed by atoms with Crippen molar-refractivity contribution in [2.24, 2.45) is 5.92 Å². The predicted octanol–water partition coefficient (Wildman–Crippen LogP) is 1.83. The van der Waals surface area contributed by atoms with E-state index >= 15 is 0 Å². The molecule has 1 saturated carbocycles. The van der Waals surface area contributed by atoms with Gasteiger partial charge < -0.3 is 5.11 Å². The average Bonchev–Trinajstić information content (AvgIpc) is 2.13. The Hall–Kier alpha value is -1.45. The lowest BCUT2D eigenvalue weighted by atomic mass is 9.83. The molecule has 0 atom stereocenters. The number of aromatic nitrogens is 2. The van der Waals surface area contributed by atoms with Gasteiger partial charge in [0, 0.05) is 18.2 Å². The largest absolute Gasteiger partial charge is 0.477 e. The normalized spacial score (nSPS) is 16.1. The lowest BCUT2D eigenvalue weighted by molar-refractivity contribution is 0.0689. The van der Waals surface area contributed by atoms with E-state index in [9.17, 15) is 4.79 Å². The van der Waals surface area contributed by atoms with E-state index in [1.165, 1.54) is 19.3 Å². The van der Waals surface area contributed by atoms with E-state index in [1.807, 2.05) is 0 Å². The molecular formula is C11H14N2O2. The van der Waals surface area contributed by atoms with Gasteiger partial charge in [-0.1, -0.05) is 19.3 Å². The Bertz CT molecular complexity index is 386. The maximum atomic E-state index is 10.9. The Kier molecular flexibility index (Phi) is 2.66. The molecule has 0 aliphatic heterocycles. The molecule has 1 heterocycles. The number of hydrogen-bond donors (Lipinski definition) is 1. The van der Waals surface area contributed by atoms with Gasteiger partial charge >= 0.3 is 5.97 Å². The van der Waals surface area contributed by atoms with Crippen LogP contribution in [0.15, 0.2) is 6.20 Å². The third kappa shape index (κ3) is 2.14. The highest BCUT2D eigenvalue weighted by Gasteiger charge is 2.20. The smallest absolute Gasteiger partial charge is 0.354 e. The van der Waals surface area contributed by atoms with Crippen LogP contribution in [-0.2, 0) is 6.42 Å². The van der Waals surface area contributed by atoms with E-state index in [-0.39, 0.29) is 5.69 Å². The second kappa shape index (κ2) is 3.96. The molecule has 0 bridgehead atoms. The molecule has 2 rings (SSSR count). The van der Waals surface area contributed by atoms with E-state index < -0.39 is 5.97 Å². The summed E-state index contributed by atoms with van der Waals surface area (Å²) in [5, 5.41) is 8.91. The molecule has 0 amide bonds. The zero-order valence-corrected chi connectivity index (χ0v) is 8.73. The van der Waals surface area contributed by atoms with Crippen molar-refractivity contribution in [1.29, 1.82) is 0 Å². The molecule has 0 unspecified atom stereocenters. The van der Waals surface area contributed by atoms with Crippen LogP contribution in [0.25, 0.3) is 0 Å². The summed E-state index contributed by atoms with van der Waals surface area (Å²) in [7, 11) is 0. The van der Waals surface area contributed by atoms with E-state index in [0.717, 1.165) is 6.42 Å². The second-order valence-corrected chi connectivity index (χ2v) is 4.12. The maximum absolute atomic E-state index is 10.9. The summed E-state index contributed by atoms with van der Waals surface area (Å²) in [6.07, 6.45) is 6.15. The van der Waals surface area contributed by atoms with E-state index in [2.05, 4.69) is 9.97 Å². The van der Waals surface area contributed by atoms with Crippen LogP contribution in [0.5, 0.6) is 0 Å². The molecule has 1 N–H and O–H groups in total. The third-order valence-electron chi connectivity index (χ3n) is 2.92. The molecular weight excluding hydrogens is 192 g/mol. The Balaban J connectivity index is 2.17. The summed E-state index contributed by atoms with van der Waals surface area (Å²) >= 11 is 0. The van der Waals surface area contributed by atoms with Crippen LogP contribution in [0.4, 0.5) is 0 Å². The zero-order chi connectivity index (χ0) is 10.8. The maximum Gasteiger partial charge on any atom is 0.354 e. The minimum Gasteiger partial charge on any atom is -0.477 e. The van der Waals surface area contributed by atoms with Crippen LogP contribution >= 0.6 is 0 Å². The Morgan fingerprint density at radius 3 is 2.87 bits per heavy atom. The number of carbonyl (C=O) groups is 1. The molecule has 1 fully saturated rings. The Morgan fingerprint density at radius 2 is 2.33 bits per heavy atom. The van der Waals surface area contributed by atoms with Crippen LogP contribution in [-0.4, -0.2) is 21.0 Å². The van der Waals surface area contributed by atoms with Gasteiger partial charge in [0.2, 0.25) is 0 Å². The van der Waals surface area contributed by atoms with Crippen molar-refractivity contribution >= 4 is 5.97 Å². The SMILES string of the molecule is Cc1cnc(CC2CCC2)nc1C(=O)O. The van der Waals surface area contributed by atoms with Crippen LogP contribution in [0.2, 0.25) is 0 Å². The average molecular weight is 206 g/mol. The highest BCUT2D eigenvalue weighted by molar-refractivity contribution is 5.86. The summed E-state index contributed by atoms with van der Waals surface area (Å²) < 4.78 is 0. The minimum atomic E-state index is -0.968. The molecule has 0 spiro atoms. The topological polar surface area (TPSA) is 63.1 Å². The summed E-state index contributed by atoms with van der Waals surface area (Å²) in [5.74, 6) is 0.363. The van der Waals surface area contributed by atoms with E-state index in [0.29, 0.717) is 17.3 Å². The standard InChI is InChI=1S/C11H14N2O2/c1-7-6-12-9(5-8-3-2-4-8)13-10(7)11(14)15/h6,8H,2-5H2,1H3,(H,14,15). The van der Waals surface area contributed by atoms with Crippen LogP contribution in [0, 0.1) is 12.8 Å². The van der Waals surface area contributed by atoms with E-state index in [4.69, 9.17) is 5.11 Å². The number of carboxylic acids is 1. The van der Waals surface area contributed by atoms with Crippen molar-refractivity contribution in [3.05, 3.63) is 23.3 Å². The van der Waals surface area contributed by atoms with Crippen LogP contribution in [0.3, 0.4) is 0 Å². The fourth-order valence-electron chi connectivity index (χ4n) is 1.75. The van der Waals surface area contributed by atoms with Gasteiger partial charge in [-0.05, 0) is 12.8 Å². The van der Waals surface area contributed by atoms with Gasteiger partial charge in [0.15, 0.2) is 5.69 Å². The van der Waals surface area contributed by atoms with Gasteiger partial charge in [-0.25, -0.2) is 14.8 Å². The molecule has 0 aromatic carbocycles. The van der Waals surface area contributed by atoms with Gasteiger partial charge in [0.1, 0.15) is 5.82 Å². The Morgan fingerprint density at radius 1 is 1.60 bits per heavy atom. The number of aromatic carboxylic acids is 1. The molecule has 1 aromatic rings. The Labute approximate surface area is 88.4 Å².